The fourth-order valence-corrected chi connectivity index (χ4v) is 1.60. The SMILES string of the molecule is C=C/C(F)=C(\C=C(/C)OC)c1ccc(N)c(NC)c1. The molecule has 0 radical (unpaired) electrons. The lowest BCUT2D eigenvalue weighted by Crippen LogP contribution is -1.97. The van der Waals surface area contributed by atoms with Crippen LogP contribution in [0.4, 0.5) is 15.8 Å². The molecule has 19 heavy (non-hydrogen) atoms. The minimum Gasteiger partial charge on any atom is -0.501 e. The maximum atomic E-state index is 13.9. The first kappa shape index (κ1) is 14.8. The second-order valence-corrected chi connectivity index (χ2v) is 3.98. The van der Waals surface area contributed by atoms with Gasteiger partial charge in [0.25, 0.3) is 0 Å². The summed E-state index contributed by atoms with van der Waals surface area (Å²) in [4.78, 5) is 0. The Bertz CT molecular complexity index is 533. The molecule has 3 nitrogen and oxygen atoms in total. The molecule has 102 valence electrons. The molecule has 1 rings (SSSR count). The number of methoxy groups -OCH3 is 1. The Hall–Kier alpha value is -2.23. The zero-order chi connectivity index (χ0) is 14.4. The van der Waals surface area contributed by atoms with Crippen molar-refractivity contribution in [3.8, 4) is 0 Å². The predicted octanol–water partition coefficient (Wildman–Crippen LogP) is 3.73. The van der Waals surface area contributed by atoms with Crippen molar-refractivity contribution in [2.45, 2.75) is 6.92 Å². The van der Waals surface area contributed by atoms with E-state index < -0.39 is 5.83 Å². The number of ether oxygens (including phenoxy) is 1. The molecule has 0 amide bonds. The maximum Gasteiger partial charge on any atom is 0.130 e. The lowest BCUT2D eigenvalue weighted by molar-refractivity contribution is 0.294. The highest BCUT2D eigenvalue weighted by Gasteiger charge is 2.08. The molecule has 0 fully saturated rings. The summed E-state index contributed by atoms with van der Waals surface area (Å²) < 4.78 is 19.0. The molecule has 0 aliphatic heterocycles. The minimum absolute atomic E-state index is 0.408. The molecule has 0 spiro atoms. The van der Waals surface area contributed by atoms with Crippen LogP contribution in [0.2, 0.25) is 0 Å². The van der Waals surface area contributed by atoms with Gasteiger partial charge in [0.05, 0.1) is 24.2 Å². The fourth-order valence-electron chi connectivity index (χ4n) is 1.60. The number of hydrogen-bond donors (Lipinski definition) is 2. The van der Waals surface area contributed by atoms with Crippen molar-refractivity contribution >= 4 is 16.9 Å². The molecular formula is C15H19FN2O. The summed E-state index contributed by atoms with van der Waals surface area (Å²) in [6.07, 6.45) is 2.80. The number of rotatable bonds is 5. The Kier molecular flexibility index (Phi) is 5.18. The van der Waals surface area contributed by atoms with Crippen molar-refractivity contribution < 1.29 is 9.13 Å². The second-order valence-electron chi connectivity index (χ2n) is 3.98. The first-order valence-electron chi connectivity index (χ1n) is 5.85. The van der Waals surface area contributed by atoms with E-state index in [0.717, 1.165) is 5.69 Å². The van der Waals surface area contributed by atoms with Crippen LogP contribution < -0.4 is 11.1 Å². The Balaban J connectivity index is 3.39. The van der Waals surface area contributed by atoms with E-state index in [-0.39, 0.29) is 0 Å². The summed E-state index contributed by atoms with van der Waals surface area (Å²) >= 11 is 0. The Labute approximate surface area is 113 Å². The van der Waals surface area contributed by atoms with Crippen molar-refractivity contribution in [2.75, 3.05) is 25.2 Å². The number of nitrogens with two attached hydrogens (primary N) is 1. The molecular weight excluding hydrogens is 243 g/mol. The maximum absolute atomic E-state index is 13.9. The van der Waals surface area contributed by atoms with E-state index >= 15 is 0 Å². The van der Waals surface area contributed by atoms with E-state index in [1.54, 1.807) is 38.2 Å². The van der Waals surface area contributed by atoms with Crippen LogP contribution in [-0.2, 0) is 4.74 Å². The van der Waals surface area contributed by atoms with Crippen LogP contribution in [0.3, 0.4) is 0 Å². The van der Waals surface area contributed by atoms with E-state index in [0.29, 0.717) is 22.6 Å². The number of nitrogens with one attached hydrogen (secondary N) is 1. The van der Waals surface area contributed by atoms with Crippen molar-refractivity contribution in [3.63, 3.8) is 0 Å². The van der Waals surface area contributed by atoms with Crippen LogP contribution in [0, 0.1) is 0 Å². The fraction of sp³-hybridized carbons (Fsp3) is 0.200. The van der Waals surface area contributed by atoms with Gasteiger partial charge in [-0.15, -0.1) is 0 Å². The molecule has 0 bridgehead atoms. The molecule has 0 aliphatic rings. The highest BCUT2D eigenvalue weighted by molar-refractivity contribution is 5.81. The van der Waals surface area contributed by atoms with Crippen LogP contribution in [0.5, 0.6) is 0 Å². The van der Waals surface area contributed by atoms with Gasteiger partial charge in [0.2, 0.25) is 0 Å². The highest BCUT2D eigenvalue weighted by atomic mass is 19.1. The summed E-state index contributed by atoms with van der Waals surface area (Å²) in [5.41, 5.74) is 8.27. The molecule has 0 heterocycles. The molecule has 1 aromatic carbocycles. The number of nitrogen functional groups attached to an aromatic ring is 1. The van der Waals surface area contributed by atoms with E-state index in [1.807, 2.05) is 0 Å². The largest absolute Gasteiger partial charge is 0.501 e. The zero-order valence-electron chi connectivity index (χ0n) is 11.5. The highest BCUT2D eigenvalue weighted by Crippen LogP contribution is 2.28. The van der Waals surface area contributed by atoms with Gasteiger partial charge in [-0.05, 0) is 36.8 Å². The first-order chi connectivity index (χ1) is 9.03. The molecule has 0 saturated heterocycles. The smallest absolute Gasteiger partial charge is 0.130 e. The molecule has 0 unspecified atom stereocenters. The quantitative estimate of drug-likeness (QED) is 0.483. The monoisotopic (exact) mass is 262 g/mol. The van der Waals surface area contributed by atoms with Gasteiger partial charge in [-0.25, -0.2) is 4.39 Å². The lowest BCUT2D eigenvalue weighted by atomic mass is 10.0. The predicted molar refractivity (Wildman–Crippen MR) is 79.4 cm³/mol. The number of anilines is 2. The molecule has 1 aromatic rings. The van der Waals surface area contributed by atoms with Crippen LogP contribution in [0.15, 0.2) is 48.5 Å². The van der Waals surface area contributed by atoms with Crippen LogP contribution >= 0.6 is 0 Å². The van der Waals surface area contributed by atoms with Gasteiger partial charge in [-0.2, -0.15) is 0 Å². The summed E-state index contributed by atoms with van der Waals surface area (Å²) in [6.45, 7) is 5.21. The zero-order valence-corrected chi connectivity index (χ0v) is 11.5. The van der Waals surface area contributed by atoms with Gasteiger partial charge in [-0.1, -0.05) is 12.6 Å². The summed E-state index contributed by atoms with van der Waals surface area (Å²) in [7, 11) is 3.30. The van der Waals surface area contributed by atoms with E-state index in [2.05, 4.69) is 11.9 Å². The second kappa shape index (κ2) is 6.64. The molecule has 3 N–H and O–H groups in total. The van der Waals surface area contributed by atoms with E-state index in [9.17, 15) is 4.39 Å². The van der Waals surface area contributed by atoms with Crippen molar-refractivity contribution in [1.29, 1.82) is 0 Å². The first-order valence-corrected chi connectivity index (χ1v) is 5.85. The average Bonchev–Trinajstić information content (AvgIpc) is 2.44. The van der Waals surface area contributed by atoms with Gasteiger partial charge >= 0.3 is 0 Å². The van der Waals surface area contributed by atoms with E-state index in [4.69, 9.17) is 10.5 Å². The van der Waals surface area contributed by atoms with Gasteiger partial charge < -0.3 is 15.8 Å². The third-order valence-electron chi connectivity index (χ3n) is 2.74. The Morgan fingerprint density at radius 2 is 2.16 bits per heavy atom. The van der Waals surface area contributed by atoms with E-state index in [1.165, 1.54) is 13.2 Å². The van der Waals surface area contributed by atoms with Crippen molar-refractivity contribution in [3.05, 3.63) is 54.1 Å². The molecule has 0 saturated carbocycles. The van der Waals surface area contributed by atoms with Crippen LogP contribution in [-0.4, -0.2) is 14.2 Å². The number of hydrogen-bond acceptors (Lipinski definition) is 3. The molecule has 0 atom stereocenters. The minimum atomic E-state index is -0.414. The number of benzene rings is 1. The topological polar surface area (TPSA) is 47.3 Å². The molecule has 0 aliphatic carbocycles. The summed E-state index contributed by atoms with van der Waals surface area (Å²) in [6, 6.07) is 5.27. The van der Waals surface area contributed by atoms with Gasteiger partial charge in [0.1, 0.15) is 5.83 Å². The van der Waals surface area contributed by atoms with Gasteiger partial charge in [-0.3, -0.25) is 0 Å². The third-order valence-corrected chi connectivity index (χ3v) is 2.74. The normalized spacial score (nSPS) is 12.7. The Morgan fingerprint density at radius 3 is 2.68 bits per heavy atom. The summed E-state index contributed by atoms with van der Waals surface area (Å²) in [5.74, 6) is 0.193. The summed E-state index contributed by atoms with van der Waals surface area (Å²) in [5, 5.41) is 2.97. The van der Waals surface area contributed by atoms with Crippen LogP contribution in [0.25, 0.3) is 5.57 Å². The third kappa shape index (κ3) is 3.61. The Morgan fingerprint density at radius 1 is 1.47 bits per heavy atom. The van der Waals surface area contributed by atoms with Gasteiger partial charge in [0, 0.05) is 12.6 Å². The average molecular weight is 262 g/mol. The molecule has 0 aromatic heterocycles. The lowest BCUT2D eigenvalue weighted by Gasteiger charge is -2.10. The molecule has 4 heteroatoms. The number of allylic oxidation sites excluding steroid dienone is 5. The standard InChI is InChI=1S/C15H19FN2O/c1-5-13(16)12(8-10(2)19-4)11-6-7-14(17)15(9-11)18-3/h5-9,18H,1,17H2,2-4H3/b10-8+,13-12-. The van der Waals surface area contributed by atoms with Crippen molar-refractivity contribution in [1.82, 2.24) is 0 Å². The van der Waals surface area contributed by atoms with Gasteiger partial charge in [0.15, 0.2) is 0 Å². The van der Waals surface area contributed by atoms with Crippen molar-refractivity contribution in [2.24, 2.45) is 0 Å². The van der Waals surface area contributed by atoms with Crippen LogP contribution in [0.1, 0.15) is 12.5 Å². The number of halogens is 1.